The Kier molecular flexibility index (Phi) is 21.3. The first-order valence-corrected chi connectivity index (χ1v) is 1.19. The first-order chi connectivity index (χ1) is 2.27. The van der Waals surface area contributed by atoms with E-state index in [1.165, 1.54) is 0 Å². The molecule has 36 valence electrons. The second-order valence-electron chi connectivity index (χ2n) is 0.606. The standard InChI is InChI=1S/C3H5NO.Na.H2O/c1-2-3(4)5;;/h2H,1H2,(H2,4,5);;1H2/q;+1;/p-1. The molecule has 0 radical (unpaired) electrons. The van der Waals surface area contributed by atoms with Crippen LogP contribution in [0.4, 0.5) is 0 Å². The van der Waals surface area contributed by atoms with E-state index in [1.54, 1.807) is 0 Å². The van der Waals surface area contributed by atoms with Crippen LogP contribution in [0.5, 0.6) is 0 Å². The van der Waals surface area contributed by atoms with Crippen molar-refractivity contribution in [2.75, 3.05) is 0 Å². The molecule has 0 aliphatic heterocycles. The van der Waals surface area contributed by atoms with E-state index >= 15 is 0 Å². The van der Waals surface area contributed by atoms with Gasteiger partial charge in [-0.3, -0.25) is 4.79 Å². The van der Waals surface area contributed by atoms with E-state index in [0.717, 1.165) is 6.08 Å². The Morgan fingerprint density at radius 1 is 1.71 bits per heavy atom. The van der Waals surface area contributed by atoms with E-state index in [9.17, 15) is 4.79 Å². The number of hydrogen-bond donors (Lipinski definition) is 1. The number of nitrogens with two attached hydrogens (primary N) is 1. The maximum absolute atomic E-state index is 9.47. The third-order valence-corrected chi connectivity index (χ3v) is 0.201. The van der Waals surface area contributed by atoms with Crippen molar-refractivity contribution in [3.8, 4) is 0 Å². The first-order valence-electron chi connectivity index (χ1n) is 1.19. The van der Waals surface area contributed by atoms with E-state index in [-0.39, 0.29) is 35.0 Å². The molecule has 0 fully saturated rings. The SMILES string of the molecule is C=CC(N)=O.[Na+].[OH-]. The van der Waals surface area contributed by atoms with Crippen molar-refractivity contribution in [2.24, 2.45) is 5.73 Å². The zero-order valence-electron chi connectivity index (χ0n) is 4.22. The van der Waals surface area contributed by atoms with Crippen LogP contribution in [-0.4, -0.2) is 11.4 Å². The summed E-state index contributed by atoms with van der Waals surface area (Å²) in [4.78, 5) is 9.47. The predicted octanol–water partition coefficient (Wildman–Crippen LogP) is -3.52. The molecule has 0 aromatic carbocycles. The van der Waals surface area contributed by atoms with Gasteiger partial charge in [0.05, 0.1) is 0 Å². The molecule has 0 saturated heterocycles. The Morgan fingerprint density at radius 3 is 1.86 bits per heavy atom. The summed E-state index contributed by atoms with van der Waals surface area (Å²) in [6.45, 7) is 3.09. The molecule has 0 heterocycles. The number of amides is 1. The van der Waals surface area contributed by atoms with Gasteiger partial charge < -0.3 is 11.2 Å². The molecule has 3 nitrogen and oxygen atoms in total. The normalized spacial score (nSPS) is 4.57. The van der Waals surface area contributed by atoms with Crippen LogP contribution in [0, 0.1) is 0 Å². The summed E-state index contributed by atoms with van der Waals surface area (Å²) in [5.74, 6) is -0.481. The largest absolute Gasteiger partial charge is 1.00 e. The minimum Gasteiger partial charge on any atom is -0.870 e. The number of carbonyl (C=O) groups is 1. The van der Waals surface area contributed by atoms with Crippen LogP contribution in [0.3, 0.4) is 0 Å². The molecular formula is C3H6NNaO2. The predicted molar refractivity (Wildman–Crippen MR) is 21.3 cm³/mol. The third-order valence-electron chi connectivity index (χ3n) is 0.201. The number of carbonyl (C=O) groups excluding carboxylic acids is 1. The molecule has 4 heteroatoms. The van der Waals surface area contributed by atoms with Gasteiger partial charge in [-0.2, -0.15) is 0 Å². The van der Waals surface area contributed by atoms with Crippen LogP contribution < -0.4 is 35.3 Å². The van der Waals surface area contributed by atoms with E-state index < -0.39 is 5.91 Å². The monoisotopic (exact) mass is 111 g/mol. The van der Waals surface area contributed by atoms with E-state index in [4.69, 9.17) is 0 Å². The molecule has 0 atom stereocenters. The molecule has 0 aromatic heterocycles. The van der Waals surface area contributed by atoms with E-state index in [1.807, 2.05) is 0 Å². The first kappa shape index (κ1) is 15.7. The van der Waals surface area contributed by atoms with Crippen molar-refractivity contribution in [2.45, 2.75) is 0 Å². The molecule has 0 saturated carbocycles. The summed E-state index contributed by atoms with van der Waals surface area (Å²) >= 11 is 0. The van der Waals surface area contributed by atoms with E-state index in [2.05, 4.69) is 12.3 Å². The maximum Gasteiger partial charge on any atom is 1.00 e. The molecule has 3 N–H and O–H groups in total. The quantitative estimate of drug-likeness (QED) is 0.281. The molecule has 0 rings (SSSR count). The van der Waals surface area contributed by atoms with Crippen molar-refractivity contribution in [3.05, 3.63) is 12.7 Å². The summed E-state index contributed by atoms with van der Waals surface area (Å²) in [6.07, 6.45) is 1.06. The Morgan fingerprint density at radius 2 is 1.86 bits per heavy atom. The molecule has 0 unspecified atom stereocenters. The van der Waals surface area contributed by atoms with Gasteiger partial charge in [0.2, 0.25) is 5.91 Å². The summed E-state index contributed by atoms with van der Waals surface area (Å²) in [5, 5.41) is 0. The molecule has 0 aliphatic carbocycles. The van der Waals surface area contributed by atoms with Crippen LogP contribution >= 0.6 is 0 Å². The third kappa shape index (κ3) is 22.8. The number of hydrogen-bond acceptors (Lipinski definition) is 2. The Labute approximate surface area is 64.2 Å². The van der Waals surface area contributed by atoms with Gasteiger partial charge in [0.15, 0.2) is 0 Å². The van der Waals surface area contributed by atoms with Gasteiger partial charge in [-0.15, -0.1) is 0 Å². The molecule has 0 aliphatic rings. The molecule has 0 spiro atoms. The van der Waals surface area contributed by atoms with E-state index in [0.29, 0.717) is 0 Å². The van der Waals surface area contributed by atoms with Crippen molar-refractivity contribution in [3.63, 3.8) is 0 Å². The molecule has 7 heavy (non-hydrogen) atoms. The van der Waals surface area contributed by atoms with Gasteiger partial charge >= 0.3 is 29.6 Å². The fourth-order valence-corrected chi connectivity index (χ4v) is 0. The van der Waals surface area contributed by atoms with Crippen molar-refractivity contribution in [1.82, 2.24) is 0 Å². The van der Waals surface area contributed by atoms with Gasteiger partial charge in [0.1, 0.15) is 0 Å². The van der Waals surface area contributed by atoms with Gasteiger partial charge in [0.25, 0.3) is 0 Å². The Bertz CT molecular complexity index is 64.0. The Balaban J connectivity index is -0.0000000800. The van der Waals surface area contributed by atoms with Crippen LogP contribution in [-0.2, 0) is 4.79 Å². The molecule has 0 bridgehead atoms. The van der Waals surface area contributed by atoms with Crippen LogP contribution in [0.15, 0.2) is 12.7 Å². The fourth-order valence-electron chi connectivity index (χ4n) is 0. The minimum absolute atomic E-state index is 0. The van der Waals surface area contributed by atoms with Gasteiger partial charge in [-0.1, -0.05) is 6.58 Å². The zero-order chi connectivity index (χ0) is 4.28. The second-order valence-corrected chi connectivity index (χ2v) is 0.606. The summed E-state index contributed by atoms with van der Waals surface area (Å²) in [5.41, 5.74) is 4.53. The number of rotatable bonds is 1. The molecular weight excluding hydrogens is 105 g/mol. The molecule has 0 aromatic rings. The molecule has 1 amide bonds. The summed E-state index contributed by atoms with van der Waals surface area (Å²) < 4.78 is 0. The minimum atomic E-state index is -0.481. The fraction of sp³-hybridized carbons (Fsp3) is 0. The average molecular weight is 111 g/mol. The Hall–Kier alpha value is 0.170. The maximum atomic E-state index is 9.47. The van der Waals surface area contributed by atoms with Crippen LogP contribution in [0.2, 0.25) is 0 Å². The summed E-state index contributed by atoms with van der Waals surface area (Å²) in [6, 6.07) is 0. The van der Waals surface area contributed by atoms with Crippen LogP contribution in [0.25, 0.3) is 0 Å². The van der Waals surface area contributed by atoms with Crippen molar-refractivity contribution < 1.29 is 39.8 Å². The van der Waals surface area contributed by atoms with Crippen molar-refractivity contribution >= 4 is 5.91 Å². The smallest absolute Gasteiger partial charge is 0.870 e. The van der Waals surface area contributed by atoms with Gasteiger partial charge in [0, 0.05) is 0 Å². The van der Waals surface area contributed by atoms with Crippen molar-refractivity contribution in [1.29, 1.82) is 0 Å². The number of primary amides is 1. The average Bonchev–Trinajstić information content (AvgIpc) is 1.38. The zero-order valence-corrected chi connectivity index (χ0v) is 6.22. The topological polar surface area (TPSA) is 73.1 Å². The van der Waals surface area contributed by atoms with Gasteiger partial charge in [-0.05, 0) is 6.08 Å². The van der Waals surface area contributed by atoms with Crippen LogP contribution in [0.1, 0.15) is 0 Å². The second kappa shape index (κ2) is 9.48. The summed E-state index contributed by atoms with van der Waals surface area (Å²) in [7, 11) is 0. The van der Waals surface area contributed by atoms with Gasteiger partial charge in [-0.25, -0.2) is 0 Å².